The maximum atomic E-state index is 6.10. The lowest BCUT2D eigenvalue weighted by molar-refractivity contribution is 0.416. The molecule has 1 aliphatic carbocycles. The topological polar surface area (TPSA) is 42.2 Å². The minimum absolute atomic E-state index is 0.631. The highest BCUT2D eigenvalue weighted by Gasteiger charge is 2.22. The smallest absolute Gasteiger partial charge is 0.152 e. The van der Waals surface area contributed by atoms with E-state index in [9.17, 15) is 0 Å². The molecule has 1 aliphatic rings. The second-order valence-electron chi connectivity index (χ2n) is 5.00. The van der Waals surface area contributed by atoms with Gasteiger partial charge in [0, 0.05) is 18.8 Å². The SMILES string of the molecule is CCN(c1ncc(C)cc1N)C1CCCCC1. The first kappa shape index (κ1) is 12.2. The van der Waals surface area contributed by atoms with Gasteiger partial charge in [0.15, 0.2) is 5.82 Å². The molecule has 94 valence electrons. The van der Waals surface area contributed by atoms with Crippen molar-refractivity contribution in [2.75, 3.05) is 17.2 Å². The fourth-order valence-electron chi connectivity index (χ4n) is 2.80. The number of nitrogen functional groups attached to an aromatic ring is 1. The van der Waals surface area contributed by atoms with Crippen molar-refractivity contribution in [2.45, 2.75) is 52.0 Å². The van der Waals surface area contributed by atoms with Gasteiger partial charge in [0.2, 0.25) is 0 Å². The van der Waals surface area contributed by atoms with E-state index in [2.05, 4.69) is 16.8 Å². The van der Waals surface area contributed by atoms with Gasteiger partial charge in [-0.1, -0.05) is 19.3 Å². The Labute approximate surface area is 104 Å². The van der Waals surface area contributed by atoms with Crippen LogP contribution < -0.4 is 10.6 Å². The summed E-state index contributed by atoms with van der Waals surface area (Å²) in [7, 11) is 0. The monoisotopic (exact) mass is 233 g/mol. The molecule has 0 amide bonds. The molecule has 0 aromatic carbocycles. The van der Waals surface area contributed by atoms with Crippen molar-refractivity contribution in [3.8, 4) is 0 Å². The zero-order valence-electron chi connectivity index (χ0n) is 10.9. The maximum Gasteiger partial charge on any atom is 0.152 e. The molecule has 0 aliphatic heterocycles. The molecule has 3 heteroatoms. The lowest BCUT2D eigenvalue weighted by Gasteiger charge is -2.35. The van der Waals surface area contributed by atoms with E-state index in [4.69, 9.17) is 5.73 Å². The highest BCUT2D eigenvalue weighted by atomic mass is 15.2. The lowest BCUT2D eigenvalue weighted by Crippen LogP contribution is -2.37. The highest BCUT2D eigenvalue weighted by molar-refractivity contribution is 5.63. The Balaban J connectivity index is 2.21. The van der Waals surface area contributed by atoms with E-state index in [1.54, 1.807) is 0 Å². The van der Waals surface area contributed by atoms with E-state index in [1.807, 2.05) is 19.2 Å². The van der Waals surface area contributed by atoms with Gasteiger partial charge in [0.25, 0.3) is 0 Å². The molecule has 3 nitrogen and oxygen atoms in total. The van der Waals surface area contributed by atoms with E-state index in [-0.39, 0.29) is 0 Å². The molecule has 1 fully saturated rings. The van der Waals surface area contributed by atoms with Gasteiger partial charge in [-0.25, -0.2) is 4.98 Å². The van der Waals surface area contributed by atoms with Crippen LogP contribution in [0.25, 0.3) is 0 Å². The first-order valence-corrected chi connectivity index (χ1v) is 6.71. The van der Waals surface area contributed by atoms with Crippen LogP contribution in [0.5, 0.6) is 0 Å². The standard InChI is InChI=1S/C14H23N3/c1-3-17(12-7-5-4-6-8-12)14-13(15)9-11(2)10-16-14/h9-10,12H,3-8,15H2,1-2H3. The van der Waals surface area contributed by atoms with E-state index in [0.717, 1.165) is 23.6 Å². The van der Waals surface area contributed by atoms with Crippen molar-refractivity contribution in [3.63, 3.8) is 0 Å². The summed E-state index contributed by atoms with van der Waals surface area (Å²) >= 11 is 0. The second kappa shape index (κ2) is 5.39. The Morgan fingerprint density at radius 3 is 2.65 bits per heavy atom. The van der Waals surface area contributed by atoms with Gasteiger partial charge in [-0.15, -0.1) is 0 Å². The van der Waals surface area contributed by atoms with Crippen LogP contribution in [0.15, 0.2) is 12.3 Å². The van der Waals surface area contributed by atoms with Crippen molar-refractivity contribution in [1.29, 1.82) is 0 Å². The van der Waals surface area contributed by atoms with Crippen LogP contribution in [0.1, 0.15) is 44.6 Å². The minimum Gasteiger partial charge on any atom is -0.396 e. The number of nitrogens with zero attached hydrogens (tertiary/aromatic N) is 2. The van der Waals surface area contributed by atoms with Gasteiger partial charge >= 0.3 is 0 Å². The summed E-state index contributed by atoms with van der Waals surface area (Å²) in [5.74, 6) is 0.977. The van der Waals surface area contributed by atoms with Crippen molar-refractivity contribution < 1.29 is 0 Å². The fraction of sp³-hybridized carbons (Fsp3) is 0.643. The maximum absolute atomic E-state index is 6.10. The molecular weight excluding hydrogens is 210 g/mol. The number of nitrogens with two attached hydrogens (primary N) is 1. The molecule has 2 rings (SSSR count). The molecule has 1 heterocycles. The summed E-state index contributed by atoms with van der Waals surface area (Å²) in [6.07, 6.45) is 8.54. The summed E-state index contributed by atoms with van der Waals surface area (Å²) in [4.78, 5) is 6.91. The summed E-state index contributed by atoms with van der Waals surface area (Å²) in [6, 6.07) is 2.65. The van der Waals surface area contributed by atoms with Crippen molar-refractivity contribution >= 4 is 11.5 Å². The summed E-state index contributed by atoms with van der Waals surface area (Å²) in [5.41, 5.74) is 8.05. The van der Waals surface area contributed by atoms with Crippen LogP contribution in [0.2, 0.25) is 0 Å². The second-order valence-corrected chi connectivity index (χ2v) is 5.00. The summed E-state index contributed by atoms with van der Waals surface area (Å²) < 4.78 is 0. The minimum atomic E-state index is 0.631. The van der Waals surface area contributed by atoms with Gasteiger partial charge in [0.05, 0.1) is 5.69 Å². The van der Waals surface area contributed by atoms with Gasteiger partial charge in [-0.2, -0.15) is 0 Å². The Kier molecular flexibility index (Phi) is 3.87. The third-order valence-electron chi connectivity index (χ3n) is 3.66. The molecule has 0 unspecified atom stereocenters. The van der Waals surface area contributed by atoms with E-state index >= 15 is 0 Å². The lowest BCUT2D eigenvalue weighted by atomic mass is 9.94. The Morgan fingerprint density at radius 2 is 2.06 bits per heavy atom. The molecule has 0 radical (unpaired) electrons. The molecule has 2 N–H and O–H groups in total. The highest BCUT2D eigenvalue weighted by Crippen LogP contribution is 2.29. The predicted molar refractivity (Wildman–Crippen MR) is 73.3 cm³/mol. The van der Waals surface area contributed by atoms with Gasteiger partial charge in [-0.05, 0) is 38.3 Å². The summed E-state index contributed by atoms with van der Waals surface area (Å²) in [6.45, 7) is 5.21. The average Bonchev–Trinajstić information content (AvgIpc) is 2.34. The van der Waals surface area contributed by atoms with E-state index in [0.29, 0.717) is 6.04 Å². The Bertz CT molecular complexity index is 370. The van der Waals surface area contributed by atoms with Crippen LogP contribution in [0.4, 0.5) is 11.5 Å². The number of aryl methyl sites for hydroxylation is 1. The van der Waals surface area contributed by atoms with Crippen molar-refractivity contribution in [2.24, 2.45) is 0 Å². The van der Waals surface area contributed by atoms with Crippen LogP contribution >= 0.6 is 0 Å². The number of rotatable bonds is 3. The van der Waals surface area contributed by atoms with E-state index < -0.39 is 0 Å². The molecule has 0 spiro atoms. The fourth-order valence-corrected chi connectivity index (χ4v) is 2.80. The van der Waals surface area contributed by atoms with Crippen LogP contribution in [0.3, 0.4) is 0 Å². The normalized spacial score (nSPS) is 17.1. The quantitative estimate of drug-likeness (QED) is 0.872. The third kappa shape index (κ3) is 2.71. The predicted octanol–water partition coefficient (Wildman–Crippen LogP) is 3.13. The van der Waals surface area contributed by atoms with Gasteiger partial charge in [-0.3, -0.25) is 0 Å². The van der Waals surface area contributed by atoms with Gasteiger partial charge in [0.1, 0.15) is 0 Å². The first-order chi connectivity index (χ1) is 8.22. The molecule has 1 aromatic heterocycles. The molecule has 1 aromatic rings. The van der Waals surface area contributed by atoms with E-state index in [1.165, 1.54) is 32.1 Å². The number of pyridine rings is 1. The zero-order chi connectivity index (χ0) is 12.3. The number of hydrogen-bond acceptors (Lipinski definition) is 3. The molecule has 0 bridgehead atoms. The Morgan fingerprint density at radius 1 is 1.35 bits per heavy atom. The Hall–Kier alpha value is -1.25. The molecular formula is C14H23N3. The molecule has 0 atom stereocenters. The zero-order valence-corrected chi connectivity index (χ0v) is 10.9. The molecule has 17 heavy (non-hydrogen) atoms. The van der Waals surface area contributed by atoms with Crippen molar-refractivity contribution in [3.05, 3.63) is 17.8 Å². The van der Waals surface area contributed by atoms with Crippen LogP contribution in [0, 0.1) is 6.92 Å². The first-order valence-electron chi connectivity index (χ1n) is 6.71. The third-order valence-corrected chi connectivity index (χ3v) is 3.66. The number of anilines is 2. The number of hydrogen-bond donors (Lipinski definition) is 1. The van der Waals surface area contributed by atoms with Crippen LogP contribution in [-0.4, -0.2) is 17.6 Å². The number of aromatic nitrogens is 1. The van der Waals surface area contributed by atoms with Crippen LogP contribution in [-0.2, 0) is 0 Å². The largest absolute Gasteiger partial charge is 0.396 e. The average molecular weight is 233 g/mol. The molecule has 1 saturated carbocycles. The van der Waals surface area contributed by atoms with Gasteiger partial charge < -0.3 is 10.6 Å². The van der Waals surface area contributed by atoms with Crippen molar-refractivity contribution in [1.82, 2.24) is 4.98 Å². The molecule has 0 saturated heterocycles. The summed E-state index contributed by atoms with van der Waals surface area (Å²) in [5, 5.41) is 0.